The van der Waals surface area contributed by atoms with Crippen LogP contribution in [0.5, 0.6) is 0 Å². The van der Waals surface area contributed by atoms with E-state index >= 15 is 0 Å². The molecular formula is C13H27NO3. The molecule has 0 rings (SSSR count). The van der Waals surface area contributed by atoms with Gasteiger partial charge in [0.1, 0.15) is 5.54 Å². The zero-order valence-corrected chi connectivity index (χ0v) is 11.8. The van der Waals surface area contributed by atoms with Crippen LogP contribution in [0.25, 0.3) is 0 Å². The van der Waals surface area contributed by atoms with E-state index in [9.17, 15) is 4.79 Å². The van der Waals surface area contributed by atoms with Crippen molar-refractivity contribution in [3.8, 4) is 0 Å². The predicted molar refractivity (Wildman–Crippen MR) is 69.0 cm³/mol. The third kappa shape index (κ3) is 6.64. The molecule has 0 bridgehead atoms. The lowest BCUT2D eigenvalue weighted by Crippen LogP contribution is -2.49. The molecule has 1 unspecified atom stereocenters. The van der Waals surface area contributed by atoms with E-state index in [1.807, 2.05) is 6.92 Å². The van der Waals surface area contributed by atoms with Gasteiger partial charge in [-0.25, -0.2) is 0 Å². The van der Waals surface area contributed by atoms with E-state index in [-0.39, 0.29) is 5.97 Å². The summed E-state index contributed by atoms with van der Waals surface area (Å²) in [6, 6.07) is 0. The number of rotatable bonds is 9. The number of likely N-dealkylation sites (N-methyl/N-ethyl adjacent to an activating group) is 1. The predicted octanol–water partition coefficient (Wildman–Crippen LogP) is 1.98. The molecule has 0 aromatic heterocycles. The summed E-state index contributed by atoms with van der Waals surface area (Å²) in [6.45, 7) is 7.57. The van der Waals surface area contributed by atoms with E-state index in [0.29, 0.717) is 13.0 Å². The van der Waals surface area contributed by atoms with Crippen LogP contribution in [0, 0.1) is 5.92 Å². The van der Waals surface area contributed by atoms with Gasteiger partial charge in [0.25, 0.3) is 0 Å². The molecule has 0 heterocycles. The second kappa shape index (κ2) is 8.48. The SMILES string of the molecule is CNC(C)(CCOCCCC(C)C)C(=O)OC. The van der Waals surface area contributed by atoms with E-state index in [0.717, 1.165) is 18.9 Å². The smallest absolute Gasteiger partial charge is 0.325 e. The molecule has 17 heavy (non-hydrogen) atoms. The van der Waals surface area contributed by atoms with E-state index in [2.05, 4.69) is 19.2 Å². The standard InChI is InChI=1S/C13H27NO3/c1-11(2)7-6-9-17-10-8-13(3,14-4)12(15)16-5/h11,14H,6-10H2,1-5H3. The average molecular weight is 245 g/mol. The highest BCUT2D eigenvalue weighted by molar-refractivity contribution is 5.80. The Bertz CT molecular complexity index is 219. The summed E-state index contributed by atoms with van der Waals surface area (Å²) in [5.41, 5.74) is -0.646. The van der Waals surface area contributed by atoms with Crippen LogP contribution in [0.2, 0.25) is 0 Å². The Morgan fingerprint density at radius 2 is 2.00 bits per heavy atom. The Balaban J connectivity index is 3.74. The monoisotopic (exact) mass is 245 g/mol. The number of methoxy groups -OCH3 is 1. The van der Waals surface area contributed by atoms with Gasteiger partial charge < -0.3 is 14.8 Å². The Kier molecular flexibility index (Phi) is 8.17. The largest absolute Gasteiger partial charge is 0.468 e. The van der Waals surface area contributed by atoms with Gasteiger partial charge in [0.15, 0.2) is 0 Å². The molecule has 0 aliphatic heterocycles. The van der Waals surface area contributed by atoms with Gasteiger partial charge in [-0.15, -0.1) is 0 Å². The topological polar surface area (TPSA) is 47.6 Å². The second-order valence-electron chi connectivity index (χ2n) is 4.97. The maximum atomic E-state index is 11.5. The second-order valence-corrected chi connectivity index (χ2v) is 4.97. The van der Waals surface area contributed by atoms with Crippen LogP contribution in [0.3, 0.4) is 0 Å². The first-order valence-electron chi connectivity index (χ1n) is 6.31. The van der Waals surface area contributed by atoms with E-state index in [1.54, 1.807) is 7.05 Å². The van der Waals surface area contributed by atoms with E-state index in [4.69, 9.17) is 9.47 Å². The number of hydrogen-bond acceptors (Lipinski definition) is 4. The lowest BCUT2D eigenvalue weighted by molar-refractivity contribution is -0.148. The summed E-state index contributed by atoms with van der Waals surface area (Å²) >= 11 is 0. The zero-order chi connectivity index (χ0) is 13.3. The minimum absolute atomic E-state index is 0.245. The number of nitrogens with one attached hydrogen (secondary N) is 1. The number of hydrogen-bond donors (Lipinski definition) is 1. The van der Waals surface area contributed by atoms with Crippen LogP contribution in [-0.4, -0.2) is 38.9 Å². The van der Waals surface area contributed by atoms with Crippen LogP contribution in [0.1, 0.15) is 40.0 Å². The maximum Gasteiger partial charge on any atom is 0.325 e. The molecule has 4 nitrogen and oxygen atoms in total. The molecule has 1 atom stereocenters. The number of ether oxygens (including phenoxy) is 2. The number of esters is 1. The normalized spacial score (nSPS) is 14.7. The lowest BCUT2D eigenvalue weighted by atomic mass is 9.99. The van der Waals surface area contributed by atoms with Crippen LogP contribution < -0.4 is 5.32 Å². The van der Waals surface area contributed by atoms with Gasteiger partial charge in [-0.2, -0.15) is 0 Å². The highest BCUT2D eigenvalue weighted by Gasteiger charge is 2.31. The van der Waals surface area contributed by atoms with E-state index < -0.39 is 5.54 Å². The van der Waals surface area contributed by atoms with Gasteiger partial charge in [0.2, 0.25) is 0 Å². The fraction of sp³-hybridized carbons (Fsp3) is 0.923. The molecule has 1 N–H and O–H groups in total. The fourth-order valence-corrected chi connectivity index (χ4v) is 1.53. The minimum Gasteiger partial charge on any atom is -0.468 e. The van der Waals surface area contributed by atoms with Crippen LogP contribution in [-0.2, 0) is 14.3 Å². The quantitative estimate of drug-likeness (QED) is 0.498. The molecule has 0 radical (unpaired) electrons. The molecule has 0 fully saturated rings. The van der Waals surface area contributed by atoms with Crippen molar-refractivity contribution in [2.45, 2.75) is 45.6 Å². The Morgan fingerprint density at radius 3 is 2.47 bits per heavy atom. The molecule has 0 aliphatic carbocycles. The molecule has 0 amide bonds. The summed E-state index contributed by atoms with van der Waals surface area (Å²) in [4.78, 5) is 11.5. The molecule has 0 aliphatic rings. The average Bonchev–Trinajstić information content (AvgIpc) is 2.31. The van der Waals surface area contributed by atoms with Crippen LogP contribution in [0.15, 0.2) is 0 Å². The summed E-state index contributed by atoms with van der Waals surface area (Å²) in [5, 5.41) is 2.98. The Morgan fingerprint density at radius 1 is 1.35 bits per heavy atom. The summed E-state index contributed by atoms with van der Waals surface area (Å²) < 4.78 is 10.3. The van der Waals surface area contributed by atoms with Gasteiger partial charge in [-0.3, -0.25) is 4.79 Å². The molecule has 0 aromatic rings. The van der Waals surface area contributed by atoms with Crippen molar-refractivity contribution < 1.29 is 14.3 Å². The molecule has 102 valence electrons. The number of carbonyl (C=O) groups excluding carboxylic acids is 1. The van der Waals surface area contributed by atoms with Crippen molar-refractivity contribution in [1.29, 1.82) is 0 Å². The lowest BCUT2D eigenvalue weighted by Gasteiger charge is -2.25. The van der Waals surface area contributed by atoms with Crippen molar-refractivity contribution in [2.75, 3.05) is 27.4 Å². The van der Waals surface area contributed by atoms with Crippen molar-refractivity contribution in [2.24, 2.45) is 5.92 Å². The molecule has 0 saturated heterocycles. The summed E-state index contributed by atoms with van der Waals surface area (Å²) in [5.74, 6) is 0.474. The molecule has 0 spiro atoms. The third-order valence-corrected chi connectivity index (χ3v) is 3.00. The van der Waals surface area contributed by atoms with Crippen LogP contribution >= 0.6 is 0 Å². The van der Waals surface area contributed by atoms with Crippen molar-refractivity contribution >= 4 is 5.97 Å². The minimum atomic E-state index is -0.646. The Labute approximate surface area is 105 Å². The first-order valence-corrected chi connectivity index (χ1v) is 6.31. The third-order valence-electron chi connectivity index (χ3n) is 3.00. The Hall–Kier alpha value is -0.610. The highest BCUT2D eigenvalue weighted by atomic mass is 16.5. The van der Waals surface area contributed by atoms with Gasteiger partial charge in [-0.05, 0) is 39.2 Å². The van der Waals surface area contributed by atoms with Gasteiger partial charge in [0, 0.05) is 13.2 Å². The van der Waals surface area contributed by atoms with Crippen molar-refractivity contribution in [1.82, 2.24) is 5.32 Å². The van der Waals surface area contributed by atoms with Crippen LogP contribution in [0.4, 0.5) is 0 Å². The number of carbonyl (C=O) groups is 1. The van der Waals surface area contributed by atoms with Crippen molar-refractivity contribution in [3.05, 3.63) is 0 Å². The molecule has 0 saturated carbocycles. The summed E-state index contributed by atoms with van der Waals surface area (Å²) in [7, 11) is 3.16. The van der Waals surface area contributed by atoms with Gasteiger partial charge in [0.05, 0.1) is 7.11 Å². The highest BCUT2D eigenvalue weighted by Crippen LogP contribution is 2.11. The van der Waals surface area contributed by atoms with E-state index in [1.165, 1.54) is 13.5 Å². The fourth-order valence-electron chi connectivity index (χ4n) is 1.53. The zero-order valence-electron chi connectivity index (χ0n) is 11.8. The van der Waals surface area contributed by atoms with Crippen molar-refractivity contribution in [3.63, 3.8) is 0 Å². The first-order chi connectivity index (χ1) is 7.96. The molecular weight excluding hydrogens is 218 g/mol. The first kappa shape index (κ1) is 16.4. The van der Waals surface area contributed by atoms with Gasteiger partial charge in [-0.1, -0.05) is 13.8 Å². The molecule has 4 heteroatoms. The summed E-state index contributed by atoms with van der Waals surface area (Å²) in [6.07, 6.45) is 2.88. The van der Waals surface area contributed by atoms with Gasteiger partial charge >= 0.3 is 5.97 Å². The maximum absolute atomic E-state index is 11.5. The molecule has 0 aromatic carbocycles.